The fourth-order valence-electron chi connectivity index (χ4n) is 7.28. The minimum atomic E-state index is -4.06. The van der Waals surface area contributed by atoms with E-state index in [9.17, 15) is 22.0 Å². The van der Waals surface area contributed by atoms with Crippen molar-refractivity contribution in [1.82, 2.24) is 0 Å². The molecule has 9 rings (SSSR count). The van der Waals surface area contributed by atoms with Gasteiger partial charge in [-0.15, -0.1) is 0 Å². The van der Waals surface area contributed by atoms with Crippen LogP contribution in [0.15, 0.2) is 39.2 Å². The van der Waals surface area contributed by atoms with Gasteiger partial charge in [0.25, 0.3) is 0 Å². The van der Waals surface area contributed by atoms with E-state index < -0.39 is 20.0 Å². The Balaban J connectivity index is 1.59. The zero-order valence-corrected chi connectivity index (χ0v) is 19.3. The second-order valence-corrected chi connectivity index (χ2v) is 13.9. The van der Waals surface area contributed by atoms with E-state index in [0.717, 1.165) is 49.7 Å². The van der Waals surface area contributed by atoms with Crippen molar-refractivity contribution in [3.8, 4) is 11.1 Å². The van der Waals surface area contributed by atoms with Crippen molar-refractivity contribution in [3.05, 3.63) is 46.5 Å². The van der Waals surface area contributed by atoms with Gasteiger partial charge in [0.05, 0.1) is 9.79 Å². The van der Waals surface area contributed by atoms with Crippen molar-refractivity contribution in [1.29, 1.82) is 0 Å². The predicted octanol–water partition coefficient (Wildman–Crippen LogP) is 2.29. The highest BCUT2D eigenvalue weighted by molar-refractivity contribution is 7.89. The van der Waals surface area contributed by atoms with Crippen LogP contribution < -0.4 is 10.3 Å². The summed E-state index contributed by atoms with van der Waals surface area (Å²) in [7, 11) is -8.03. The maximum atomic E-state index is 13.1. The van der Waals surface area contributed by atoms with Crippen LogP contribution in [0, 0.1) is 11.8 Å². The van der Waals surface area contributed by atoms with Crippen LogP contribution in [0.4, 0.5) is 0 Å². The van der Waals surface area contributed by atoms with Gasteiger partial charge in [0, 0.05) is 11.1 Å². The van der Waals surface area contributed by atoms with Crippen LogP contribution in [0.2, 0.25) is 0 Å². The Kier molecular flexibility index (Phi) is 3.47. The van der Waals surface area contributed by atoms with Crippen molar-refractivity contribution in [2.45, 2.75) is 59.1 Å². The van der Waals surface area contributed by atoms with E-state index in [1.807, 2.05) is 6.07 Å². The van der Waals surface area contributed by atoms with Gasteiger partial charge >= 0.3 is 0 Å². The number of nitrogens with two attached hydrogens (primary N) is 2. The smallest absolute Gasteiger partial charge is 0.238 e. The van der Waals surface area contributed by atoms with Gasteiger partial charge in [0.2, 0.25) is 20.0 Å². The molecule has 0 heterocycles. The highest BCUT2D eigenvalue weighted by Crippen LogP contribution is 2.71. The predicted molar refractivity (Wildman–Crippen MR) is 120 cm³/mol. The molecule has 0 amide bonds. The summed E-state index contributed by atoms with van der Waals surface area (Å²) in [6.45, 7) is 0. The largest absolute Gasteiger partial charge is 0.410 e. The Bertz CT molecular complexity index is 1520. The van der Waals surface area contributed by atoms with Crippen molar-refractivity contribution in [2.75, 3.05) is 0 Å². The Morgan fingerprint density at radius 1 is 0.818 bits per heavy atom. The van der Waals surface area contributed by atoms with Gasteiger partial charge in [-0.3, -0.25) is 0 Å². The highest BCUT2D eigenvalue weighted by atomic mass is 32.2. The molecule has 7 aliphatic rings. The lowest BCUT2D eigenvalue weighted by molar-refractivity contribution is -0.0374. The molecular weight excluding hydrogens is 462 g/mol. The van der Waals surface area contributed by atoms with Gasteiger partial charge in [-0.2, -0.15) is 0 Å². The second kappa shape index (κ2) is 5.68. The quantitative estimate of drug-likeness (QED) is 0.382. The number of fused-ring (bicyclic) bond motifs is 3. The van der Waals surface area contributed by atoms with Gasteiger partial charge in [0.15, 0.2) is 0 Å². The summed E-state index contributed by atoms with van der Waals surface area (Å²) in [6.07, 6.45) is 5.54. The van der Waals surface area contributed by atoms with Gasteiger partial charge in [0.1, 0.15) is 5.71 Å². The molecule has 0 saturated heterocycles. The van der Waals surface area contributed by atoms with Gasteiger partial charge in [-0.1, -0.05) is 11.2 Å². The molecule has 6 saturated carbocycles. The van der Waals surface area contributed by atoms with E-state index in [-0.39, 0.29) is 26.3 Å². The van der Waals surface area contributed by atoms with Crippen LogP contribution in [0.25, 0.3) is 11.1 Å². The molecular formula is C23H23N3O5S2. The first kappa shape index (κ1) is 20.1. The summed E-state index contributed by atoms with van der Waals surface area (Å²) in [5, 5.41) is 24.8. The zero-order chi connectivity index (χ0) is 23.1. The van der Waals surface area contributed by atoms with Crippen LogP contribution in [-0.4, -0.2) is 27.8 Å². The van der Waals surface area contributed by atoms with Crippen molar-refractivity contribution in [3.63, 3.8) is 0 Å². The molecule has 6 fully saturated rings. The molecule has 10 heteroatoms. The summed E-state index contributed by atoms with van der Waals surface area (Å²) in [5.74, 6) is 1.23. The fourth-order valence-corrected chi connectivity index (χ4v) is 9.01. The lowest BCUT2D eigenvalue weighted by atomic mass is 9.39. The minimum absolute atomic E-state index is 0.0893. The van der Waals surface area contributed by atoms with Gasteiger partial charge in [-0.25, -0.2) is 27.1 Å². The zero-order valence-electron chi connectivity index (χ0n) is 17.7. The summed E-state index contributed by atoms with van der Waals surface area (Å²) in [4.78, 5) is 0.117. The van der Waals surface area contributed by atoms with E-state index in [2.05, 4.69) is 5.16 Å². The Morgan fingerprint density at radius 3 is 1.88 bits per heavy atom. The molecule has 0 atom stereocenters. The van der Waals surface area contributed by atoms with Gasteiger partial charge in [-0.05, 0) is 102 Å². The number of primary sulfonamides is 2. The molecule has 4 bridgehead atoms. The van der Waals surface area contributed by atoms with Crippen molar-refractivity contribution in [2.24, 2.45) is 27.3 Å². The fraction of sp³-hybridized carbons (Fsp3) is 0.435. The molecule has 0 aromatic heterocycles. The molecule has 0 spiro atoms. The van der Waals surface area contributed by atoms with E-state index in [0.29, 0.717) is 34.1 Å². The molecule has 33 heavy (non-hydrogen) atoms. The second-order valence-electron chi connectivity index (χ2n) is 10.8. The number of rotatable bonds is 4. The summed E-state index contributed by atoms with van der Waals surface area (Å²) >= 11 is 0. The average molecular weight is 486 g/mol. The van der Waals surface area contributed by atoms with E-state index in [1.54, 1.807) is 6.07 Å². The molecule has 7 aliphatic carbocycles. The number of hydrogen-bond donors (Lipinski definition) is 3. The summed E-state index contributed by atoms with van der Waals surface area (Å²) in [6, 6.07) is 6.42. The van der Waals surface area contributed by atoms with E-state index >= 15 is 0 Å². The van der Waals surface area contributed by atoms with Crippen LogP contribution in [0.3, 0.4) is 0 Å². The monoisotopic (exact) mass is 485 g/mol. The Morgan fingerprint density at radius 2 is 1.42 bits per heavy atom. The van der Waals surface area contributed by atoms with Crippen LogP contribution in [0.5, 0.6) is 0 Å². The molecule has 172 valence electrons. The number of sulfonamides is 2. The Hall–Kier alpha value is -2.27. The number of nitrogens with zero attached hydrogens (tertiary/aromatic N) is 1. The first-order chi connectivity index (χ1) is 15.5. The number of benzene rings is 2. The molecule has 8 nitrogen and oxygen atoms in total. The summed E-state index contributed by atoms with van der Waals surface area (Å²) < 4.78 is 50.2. The number of hydrogen-bond acceptors (Lipinski definition) is 6. The molecule has 2 aromatic carbocycles. The first-order valence-corrected chi connectivity index (χ1v) is 14.2. The van der Waals surface area contributed by atoms with Crippen LogP contribution >= 0.6 is 0 Å². The van der Waals surface area contributed by atoms with Gasteiger partial charge < -0.3 is 5.21 Å². The lowest BCUT2D eigenvalue weighted by Crippen LogP contribution is -2.58. The molecule has 5 N–H and O–H groups in total. The summed E-state index contributed by atoms with van der Waals surface area (Å²) in [5.41, 5.74) is 3.67. The Labute approximate surface area is 191 Å². The standard InChI is InChI=1S/C23H23N3O5S2/c24-32(28,29)13-1-2-14-15-4-17(22-5-11(6-22)7-22)21(33(25,30)31)19(23-8-12(9-23)10-23)18(15)20(26-27)16(14)3-13/h1-4,11-12,27H,5-10H2,(H2,24,28,29)(H2,25,30,31). The maximum absolute atomic E-state index is 13.1. The van der Waals surface area contributed by atoms with Crippen LogP contribution in [0.1, 0.15) is 60.8 Å². The molecule has 2 aromatic rings. The normalized spacial score (nSPS) is 33.9. The molecule has 0 unspecified atom stereocenters. The maximum Gasteiger partial charge on any atom is 0.238 e. The van der Waals surface area contributed by atoms with E-state index in [4.69, 9.17) is 10.3 Å². The highest BCUT2D eigenvalue weighted by Gasteiger charge is 2.63. The van der Waals surface area contributed by atoms with Crippen LogP contribution in [-0.2, 0) is 30.9 Å². The topological polar surface area (TPSA) is 153 Å². The minimum Gasteiger partial charge on any atom is -0.410 e. The third-order valence-electron chi connectivity index (χ3n) is 8.94. The lowest BCUT2D eigenvalue weighted by Gasteiger charge is -2.65. The third-order valence-corrected chi connectivity index (χ3v) is 10.8. The number of oxime groups is 1. The first-order valence-electron chi connectivity index (χ1n) is 11.1. The van der Waals surface area contributed by atoms with Crippen molar-refractivity contribution >= 4 is 25.8 Å². The molecule has 0 aliphatic heterocycles. The third kappa shape index (κ3) is 2.35. The van der Waals surface area contributed by atoms with E-state index in [1.165, 1.54) is 12.1 Å². The average Bonchev–Trinajstić information content (AvgIpc) is 2.87. The molecule has 0 radical (unpaired) electrons. The van der Waals surface area contributed by atoms with Crippen molar-refractivity contribution < 1.29 is 22.0 Å². The SMILES string of the molecule is NS(=O)(=O)c1ccc2c(c1)C(=NO)c1c-2cc(C23CC(C2)C3)c(S(N)(=O)=O)c1C12CC(C1)C2.